The first-order valence-electron chi connectivity index (χ1n) is 11.3. The van der Waals surface area contributed by atoms with Crippen molar-refractivity contribution in [1.82, 2.24) is 0 Å². The maximum atomic E-state index is 13.7. The Kier molecular flexibility index (Phi) is 7.89. The summed E-state index contributed by atoms with van der Waals surface area (Å²) in [4.78, 5) is 14.2. The summed E-state index contributed by atoms with van der Waals surface area (Å²) in [5.74, 6) is -1.18. The number of thioether (sulfide) groups is 1. The summed E-state index contributed by atoms with van der Waals surface area (Å²) >= 11 is 1.37. The molecule has 2 aromatic carbocycles. The van der Waals surface area contributed by atoms with Crippen LogP contribution >= 0.6 is 11.8 Å². The normalized spacial score (nSPS) is 21.3. The molecule has 0 saturated heterocycles. The lowest BCUT2D eigenvalue weighted by molar-refractivity contribution is -0.159. The van der Waals surface area contributed by atoms with Gasteiger partial charge in [0, 0.05) is 18.3 Å². The lowest BCUT2D eigenvalue weighted by Gasteiger charge is -2.34. The zero-order valence-electron chi connectivity index (χ0n) is 20.1. The van der Waals surface area contributed by atoms with Gasteiger partial charge in [-0.25, -0.2) is 13.2 Å². The third kappa shape index (κ3) is 5.70. The molecule has 0 fully saturated rings. The molecule has 0 radical (unpaired) electrons. The average Bonchev–Trinajstić information content (AvgIpc) is 2.87. The van der Waals surface area contributed by atoms with Gasteiger partial charge in [-0.1, -0.05) is 44.9 Å². The molecule has 2 atom stereocenters. The van der Waals surface area contributed by atoms with Crippen molar-refractivity contribution in [2.75, 3.05) is 30.1 Å². The predicted molar refractivity (Wildman–Crippen MR) is 135 cm³/mol. The second-order valence-electron chi connectivity index (χ2n) is 9.43. The molecular weight excluding hydrogens is 474 g/mol. The fraction of sp³-hybridized carbons (Fsp3) is 0.480. The van der Waals surface area contributed by atoms with E-state index in [0.717, 1.165) is 31.9 Å². The maximum Gasteiger partial charge on any atom is 0.339 e. The number of aliphatic hydroxyl groups is 1. The second-order valence-corrected chi connectivity index (χ2v) is 12.2. The first-order valence-corrected chi connectivity index (χ1v) is 14.2. The minimum Gasteiger partial charge on any atom is -0.489 e. The number of fused-ring (bicyclic) bond motifs is 1. The second kappa shape index (κ2) is 10.2. The minimum atomic E-state index is -3.68. The zero-order chi connectivity index (χ0) is 25.1. The summed E-state index contributed by atoms with van der Waals surface area (Å²) in [5.41, 5.74) is -1.08. The van der Waals surface area contributed by atoms with E-state index in [0.29, 0.717) is 17.1 Å². The predicted octanol–water partition coefficient (Wildman–Crippen LogP) is 4.74. The van der Waals surface area contributed by atoms with Gasteiger partial charge in [0.05, 0.1) is 21.2 Å². The number of carbonyl (C=O) groups is 1. The van der Waals surface area contributed by atoms with E-state index in [1.807, 2.05) is 43.5 Å². The Labute approximate surface area is 206 Å². The van der Waals surface area contributed by atoms with Gasteiger partial charge in [0.15, 0.2) is 15.4 Å². The van der Waals surface area contributed by atoms with Gasteiger partial charge in [0.2, 0.25) is 0 Å². The number of ether oxygens (including phenoxy) is 1. The van der Waals surface area contributed by atoms with Crippen LogP contribution in [0.3, 0.4) is 0 Å². The van der Waals surface area contributed by atoms with Gasteiger partial charge in [0.25, 0.3) is 0 Å². The summed E-state index contributed by atoms with van der Waals surface area (Å²) in [6.45, 7) is 5.30. The average molecular weight is 508 g/mol. The van der Waals surface area contributed by atoms with E-state index in [-0.39, 0.29) is 16.4 Å². The molecule has 2 N–H and O–H groups in total. The maximum absolute atomic E-state index is 13.7. The van der Waals surface area contributed by atoms with Crippen molar-refractivity contribution in [3.8, 4) is 5.75 Å². The standard InChI is InChI=1S/C25H33NO6S2/c1-5-6-12-24(2)15-26(18-10-8-7-9-11-18)19-13-21(33-4)20(14-22(19)34(30,31)17-24)32-16-25(3,29)23(27)28/h7-11,13-14,29H,5-6,12,15-17H2,1-4H3,(H,27,28)/t24-,25?/m0/s1. The van der Waals surface area contributed by atoms with Gasteiger partial charge in [-0.15, -0.1) is 11.8 Å². The van der Waals surface area contributed by atoms with Crippen molar-refractivity contribution in [3.63, 3.8) is 0 Å². The largest absolute Gasteiger partial charge is 0.489 e. The fourth-order valence-electron chi connectivity index (χ4n) is 4.19. The van der Waals surface area contributed by atoms with Crippen molar-refractivity contribution >= 4 is 38.9 Å². The number of carboxylic acid groups (broad SMARTS) is 1. The third-order valence-electron chi connectivity index (χ3n) is 6.12. The molecule has 7 nitrogen and oxygen atoms in total. The Hall–Kier alpha value is -2.23. The van der Waals surface area contributed by atoms with Crippen LogP contribution in [0.5, 0.6) is 5.75 Å². The van der Waals surface area contributed by atoms with Crippen LogP contribution in [0.15, 0.2) is 52.3 Å². The van der Waals surface area contributed by atoms with Crippen molar-refractivity contribution in [1.29, 1.82) is 0 Å². The fourth-order valence-corrected chi connectivity index (χ4v) is 6.82. The number of aliphatic carboxylic acids is 1. The smallest absolute Gasteiger partial charge is 0.339 e. The summed E-state index contributed by atoms with van der Waals surface area (Å²) in [6, 6.07) is 13.0. The topological polar surface area (TPSA) is 104 Å². The Morgan fingerprint density at radius 2 is 1.94 bits per heavy atom. The molecule has 0 saturated carbocycles. The van der Waals surface area contributed by atoms with Crippen LogP contribution in [0, 0.1) is 5.41 Å². The minimum absolute atomic E-state index is 0.00122. The van der Waals surface area contributed by atoms with Crippen LogP contribution in [-0.4, -0.2) is 55.4 Å². The lowest BCUT2D eigenvalue weighted by Crippen LogP contribution is -2.41. The lowest BCUT2D eigenvalue weighted by atomic mass is 9.86. The molecule has 1 heterocycles. The summed E-state index contributed by atoms with van der Waals surface area (Å²) in [7, 11) is -3.68. The Morgan fingerprint density at radius 3 is 2.53 bits per heavy atom. The Bertz CT molecular complexity index is 1130. The molecule has 1 aliphatic rings. The van der Waals surface area contributed by atoms with Crippen molar-refractivity contribution in [3.05, 3.63) is 42.5 Å². The monoisotopic (exact) mass is 507 g/mol. The highest BCUT2D eigenvalue weighted by molar-refractivity contribution is 7.98. The van der Waals surface area contributed by atoms with Crippen LogP contribution in [-0.2, 0) is 14.6 Å². The number of unbranched alkanes of at least 4 members (excludes halogenated alkanes) is 1. The first kappa shape index (κ1) is 26.4. The molecule has 0 aliphatic carbocycles. The molecule has 0 amide bonds. The molecule has 0 spiro atoms. The molecule has 1 aliphatic heterocycles. The molecule has 0 bridgehead atoms. The quantitative estimate of drug-likeness (QED) is 0.469. The number of nitrogens with zero attached hydrogens (tertiary/aromatic N) is 1. The van der Waals surface area contributed by atoms with Crippen LogP contribution < -0.4 is 9.64 Å². The number of hydrogen-bond acceptors (Lipinski definition) is 7. The Morgan fingerprint density at radius 1 is 1.26 bits per heavy atom. The third-order valence-corrected chi connectivity index (χ3v) is 8.95. The highest BCUT2D eigenvalue weighted by atomic mass is 32.2. The highest BCUT2D eigenvalue weighted by Crippen LogP contribution is 2.46. The summed E-state index contributed by atoms with van der Waals surface area (Å²) in [5, 5.41) is 19.3. The number of para-hydroxylation sites is 1. The van der Waals surface area contributed by atoms with E-state index in [2.05, 4.69) is 11.8 Å². The van der Waals surface area contributed by atoms with Gasteiger partial charge in [0.1, 0.15) is 12.4 Å². The summed E-state index contributed by atoms with van der Waals surface area (Å²) in [6.07, 6.45) is 4.53. The number of hydrogen-bond donors (Lipinski definition) is 2. The SMILES string of the molecule is CCCC[C@@]1(C)CN(c2ccccc2)c2cc(SC)c(OCC(C)(O)C(=O)O)cc2S(=O)(=O)C1. The number of benzene rings is 2. The molecule has 34 heavy (non-hydrogen) atoms. The van der Waals surface area contributed by atoms with E-state index in [9.17, 15) is 23.4 Å². The number of anilines is 2. The van der Waals surface area contributed by atoms with E-state index in [1.165, 1.54) is 17.8 Å². The zero-order valence-corrected chi connectivity index (χ0v) is 21.7. The molecule has 186 valence electrons. The van der Waals surface area contributed by atoms with Gasteiger partial charge in [-0.3, -0.25) is 0 Å². The van der Waals surface area contributed by atoms with E-state index in [4.69, 9.17) is 4.74 Å². The highest BCUT2D eigenvalue weighted by Gasteiger charge is 2.40. The molecule has 0 aromatic heterocycles. The van der Waals surface area contributed by atoms with E-state index < -0.39 is 33.4 Å². The number of rotatable bonds is 9. The van der Waals surface area contributed by atoms with Crippen molar-refractivity contribution in [2.24, 2.45) is 5.41 Å². The van der Waals surface area contributed by atoms with Crippen LogP contribution in [0.1, 0.15) is 40.0 Å². The molecule has 9 heteroatoms. The molecule has 2 aromatic rings. The number of carboxylic acids is 1. The molecular formula is C25H33NO6S2. The van der Waals surface area contributed by atoms with Gasteiger partial charge >= 0.3 is 5.97 Å². The van der Waals surface area contributed by atoms with Gasteiger partial charge in [-0.05, 0) is 43.2 Å². The van der Waals surface area contributed by atoms with Crippen molar-refractivity contribution < 1.29 is 28.2 Å². The van der Waals surface area contributed by atoms with E-state index in [1.54, 1.807) is 6.07 Å². The molecule has 3 rings (SSSR count). The number of sulfone groups is 1. The molecule has 1 unspecified atom stereocenters. The first-order chi connectivity index (χ1) is 15.9. The van der Waals surface area contributed by atoms with Crippen molar-refractivity contribution in [2.45, 2.75) is 55.4 Å². The van der Waals surface area contributed by atoms with Gasteiger partial charge < -0.3 is 19.8 Å². The van der Waals surface area contributed by atoms with Crippen LogP contribution in [0.2, 0.25) is 0 Å². The van der Waals surface area contributed by atoms with Crippen LogP contribution in [0.25, 0.3) is 0 Å². The van der Waals surface area contributed by atoms with Gasteiger partial charge in [-0.2, -0.15) is 0 Å². The Balaban J connectivity index is 2.16. The summed E-state index contributed by atoms with van der Waals surface area (Å²) < 4.78 is 33.0. The van der Waals surface area contributed by atoms with E-state index >= 15 is 0 Å². The van der Waals surface area contributed by atoms with Crippen LogP contribution in [0.4, 0.5) is 11.4 Å².